The number of thiophene rings is 1. The van der Waals surface area contributed by atoms with Crippen LogP contribution >= 0.6 is 11.3 Å². The Kier molecular flexibility index (Phi) is 6.72. The van der Waals surface area contributed by atoms with Crippen molar-refractivity contribution in [1.82, 2.24) is 24.7 Å². The molecular weight excluding hydrogens is 508 g/mol. The molecule has 0 radical (unpaired) electrons. The lowest BCUT2D eigenvalue weighted by Gasteiger charge is -2.12. The number of aliphatic carboxylic acids is 1. The number of rotatable bonds is 7. The second-order valence-electron chi connectivity index (χ2n) is 8.68. The summed E-state index contributed by atoms with van der Waals surface area (Å²) in [5.41, 5.74) is 5.14. The van der Waals surface area contributed by atoms with Gasteiger partial charge in [0.15, 0.2) is 12.4 Å². The van der Waals surface area contributed by atoms with E-state index in [1.807, 2.05) is 35.8 Å². The number of hydrogen-bond acceptors (Lipinski definition) is 10. The number of benzene rings is 1. The summed E-state index contributed by atoms with van der Waals surface area (Å²) in [6.07, 6.45) is 2.95. The molecule has 0 aliphatic carbocycles. The van der Waals surface area contributed by atoms with E-state index in [2.05, 4.69) is 34.0 Å². The fourth-order valence-corrected chi connectivity index (χ4v) is 5.45. The highest BCUT2D eigenvalue weighted by atomic mass is 32.1. The average molecular weight is 533 g/mol. The zero-order chi connectivity index (χ0) is 27.0. The van der Waals surface area contributed by atoms with Crippen molar-refractivity contribution in [3.63, 3.8) is 0 Å². The summed E-state index contributed by atoms with van der Waals surface area (Å²) in [6.45, 7) is 5.54. The van der Waals surface area contributed by atoms with Crippen molar-refractivity contribution in [2.45, 2.75) is 33.2 Å². The third-order valence-corrected chi connectivity index (χ3v) is 7.45. The molecule has 0 unspecified atom stereocenters. The Bertz CT molecular complexity index is 1560. The molecule has 11 nitrogen and oxygen atoms in total. The number of aromatic nitrogens is 5. The smallest absolute Gasteiger partial charge is 0.341 e. The maximum Gasteiger partial charge on any atom is 0.341 e. The highest BCUT2D eigenvalue weighted by molar-refractivity contribution is 7.15. The van der Waals surface area contributed by atoms with Crippen LogP contribution in [-0.4, -0.2) is 61.2 Å². The van der Waals surface area contributed by atoms with E-state index < -0.39 is 18.6 Å². The van der Waals surface area contributed by atoms with Gasteiger partial charge in [-0.15, -0.1) is 21.5 Å². The average Bonchev–Trinajstić information content (AvgIpc) is 3.39. The van der Waals surface area contributed by atoms with Crippen LogP contribution in [0.25, 0.3) is 16.3 Å². The molecule has 0 bridgehead atoms. The quantitative estimate of drug-likeness (QED) is 0.353. The maximum atomic E-state index is 12.3. The van der Waals surface area contributed by atoms with E-state index in [-0.39, 0.29) is 18.3 Å². The molecule has 1 atom stereocenters. The second-order valence-corrected chi connectivity index (χ2v) is 9.88. The van der Waals surface area contributed by atoms with Gasteiger partial charge < -0.3 is 14.6 Å². The number of aliphatic imine (C=N–C) groups is 1. The van der Waals surface area contributed by atoms with Crippen LogP contribution in [0.2, 0.25) is 0 Å². The van der Waals surface area contributed by atoms with E-state index in [0.29, 0.717) is 11.5 Å². The van der Waals surface area contributed by atoms with Gasteiger partial charge in [0, 0.05) is 21.6 Å². The predicted molar refractivity (Wildman–Crippen MR) is 139 cm³/mol. The van der Waals surface area contributed by atoms with Gasteiger partial charge in [-0.1, -0.05) is 24.3 Å². The molecule has 4 heterocycles. The summed E-state index contributed by atoms with van der Waals surface area (Å²) < 4.78 is 12.0. The maximum absolute atomic E-state index is 12.3. The van der Waals surface area contributed by atoms with Gasteiger partial charge in [-0.2, -0.15) is 0 Å². The third kappa shape index (κ3) is 4.65. The number of carbonyl (C=O) groups excluding carboxylic acids is 1. The summed E-state index contributed by atoms with van der Waals surface area (Å²) in [7, 11) is 1.36. The highest BCUT2D eigenvalue weighted by Gasteiger charge is 2.32. The SMILES string of the molecule is COC(=O)C[C@@H]1N=C(c2ccc(-c3cnc(OCC(=O)O)cn3)cc2)c2c(sc(C)c2C)-n2c(C)nnc21. The number of nitrogens with zero attached hydrogens (tertiary/aromatic N) is 6. The number of fused-ring (bicyclic) bond motifs is 3. The Morgan fingerprint density at radius 1 is 1.05 bits per heavy atom. The van der Waals surface area contributed by atoms with Gasteiger partial charge in [-0.05, 0) is 26.3 Å². The molecule has 1 aliphatic heterocycles. The zero-order valence-corrected chi connectivity index (χ0v) is 21.9. The molecule has 0 amide bonds. The minimum atomic E-state index is -1.09. The minimum Gasteiger partial charge on any atom is -0.479 e. The number of carboxylic acids is 1. The fraction of sp³-hybridized carbons (Fsp3) is 0.269. The van der Waals surface area contributed by atoms with Gasteiger partial charge in [-0.3, -0.25) is 14.4 Å². The van der Waals surface area contributed by atoms with Crippen LogP contribution in [-0.2, 0) is 14.3 Å². The molecule has 0 fully saturated rings. The topological polar surface area (TPSA) is 142 Å². The molecular formula is C26H24N6O5S. The van der Waals surface area contributed by atoms with Crippen molar-refractivity contribution in [3.8, 4) is 22.1 Å². The first-order valence-electron chi connectivity index (χ1n) is 11.7. The van der Waals surface area contributed by atoms with Crippen molar-refractivity contribution in [2.24, 2.45) is 4.99 Å². The lowest BCUT2D eigenvalue weighted by Crippen LogP contribution is -2.12. The monoisotopic (exact) mass is 532 g/mol. The van der Waals surface area contributed by atoms with Gasteiger partial charge in [0.05, 0.1) is 37.3 Å². The summed E-state index contributed by atoms with van der Waals surface area (Å²) in [5.74, 6) is -0.0135. The third-order valence-electron chi connectivity index (χ3n) is 6.25. The van der Waals surface area contributed by atoms with Gasteiger partial charge in [0.2, 0.25) is 5.88 Å². The van der Waals surface area contributed by atoms with E-state index in [1.165, 1.54) is 19.5 Å². The Hall–Kier alpha value is -4.45. The fourth-order valence-electron chi connectivity index (χ4n) is 4.24. The van der Waals surface area contributed by atoms with Gasteiger partial charge >= 0.3 is 11.9 Å². The number of methoxy groups -OCH3 is 1. The highest BCUT2D eigenvalue weighted by Crippen LogP contribution is 2.39. The molecule has 194 valence electrons. The Morgan fingerprint density at radius 3 is 2.45 bits per heavy atom. The van der Waals surface area contributed by atoms with Crippen molar-refractivity contribution < 1.29 is 24.2 Å². The van der Waals surface area contributed by atoms with Gasteiger partial charge in [0.25, 0.3) is 0 Å². The summed E-state index contributed by atoms with van der Waals surface area (Å²) in [6, 6.07) is 7.17. The van der Waals surface area contributed by atoms with E-state index in [1.54, 1.807) is 11.3 Å². The van der Waals surface area contributed by atoms with Crippen LogP contribution in [0, 0.1) is 20.8 Å². The van der Waals surface area contributed by atoms with Crippen molar-refractivity contribution in [3.05, 3.63) is 69.9 Å². The van der Waals surface area contributed by atoms with Gasteiger partial charge in [0.1, 0.15) is 16.9 Å². The van der Waals surface area contributed by atoms with E-state index in [4.69, 9.17) is 19.6 Å². The normalized spacial score (nSPS) is 14.2. The van der Waals surface area contributed by atoms with E-state index in [9.17, 15) is 9.59 Å². The molecule has 1 N–H and O–H groups in total. The molecule has 0 saturated carbocycles. The number of ether oxygens (including phenoxy) is 2. The molecule has 3 aromatic heterocycles. The molecule has 1 aromatic carbocycles. The molecule has 0 spiro atoms. The van der Waals surface area contributed by atoms with E-state index >= 15 is 0 Å². The Balaban J connectivity index is 1.55. The standard InChI is InChI=1S/C26H24N6O5S/c1-13-14(2)38-26-23(13)24(29-18(9-22(35)36-4)25-31-30-15(3)32(25)26)17-7-5-16(6-8-17)19-10-28-20(11-27-19)37-12-21(33)34/h5-8,10-11,18H,9,12H2,1-4H3,(H,33,34)/t18-/m0/s1. The van der Waals surface area contributed by atoms with Gasteiger partial charge in [-0.25, -0.2) is 14.8 Å². The van der Waals surface area contributed by atoms with Crippen LogP contribution in [0.5, 0.6) is 5.88 Å². The van der Waals surface area contributed by atoms with Crippen molar-refractivity contribution in [1.29, 1.82) is 0 Å². The van der Waals surface area contributed by atoms with Crippen LogP contribution in [0.1, 0.15) is 45.7 Å². The number of esters is 1. The number of hydrogen-bond donors (Lipinski definition) is 1. The first kappa shape index (κ1) is 25.2. The number of carbonyl (C=O) groups is 2. The number of carboxylic acid groups (broad SMARTS) is 1. The molecule has 0 saturated heterocycles. The molecule has 12 heteroatoms. The first-order chi connectivity index (χ1) is 18.3. The Labute approximate surface area is 221 Å². The van der Waals surface area contributed by atoms with E-state index in [0.717, 1.165) is 43.7 Å². The summed E-state index contributed by atoms with van der Waals surface area (Å²) in [4.78, 5) is 37.7. The summed E-state index contributed by atoms with van der Waals surface area (Å²) >= 11 is 1.64. The molecule has 4 aromatic rings. The minimum absolute atomic E-state index is 0.0368. The molecule has 1 aliphatic rings. The lowest BCUT2D eigenvalue weighted by atomic mass is 9.98. The van der Waals surface area contributed by atoms with Crippen LogP contribution in [0.3, 0.4) is 0 Å². The van der Waals surface area contributed by atoms with Crippen molar-refractivity contribution >= 4 is 29.0 Å². The first-order valence-corrected chi connectivity index (χ1v) is 12.5. The van der Waals surface area contributed by atoms with Crippen LogP contribution in [0.4, 0.5) is 0 Å². The molecule has 5 rings (SSSR count). The largest absolute Gasteiger partial charge is 0.479 e. The summed E-state index contributed by atoms with van der Waals surface area (Å²) in [5, 5.41) is 18.4. The Morgan fingerprint density at radius 2 is 1.79 bits per heavy atom. The lowest BCUT2D eigenvalue weighted by molar-refractivity contribution is -0.141. The van der Waals surface area contributed by atoms with Crippen LogP contribution < -0.4 is 4.74 Å². The second kappa shape index (κ2) is 10.1. The number of aryl methyl sites for hydroxylation is 2. The van der Waals surface area contributed by atoms with Crippen molar-refractivity contribution in [2.75, 3.05) is 13.7 Å². The zero-order valence-electron chi connectivity index (χ0n) is 21.1. The predicted octanol–water partition coefficient (Wildman–Crippen LogP) is 3.63. The van der Waals surface area contributed by atoms with Crippen LogP contribution in [0.15, 0.2) is 41.7 Å². The molecule has 38 heavy (non-hydrogen) atoms.